The van der Waals surface area contributed by atoms with E-state index in [1.807, 2.05) is 22.6 Å². The molecule has 0 bridgehead atoms. The van der Waals surface area contributed by atoms with Gasteiger partial charge in [0.1, 0.15) is 6.54 Å². The Morgan fingerprint density at radius 2 is 1.94 bits per heavy atom. The van der Waals surface area contributed by atoms with Gasteiger partial charge in [0.05, 0.1) is 5.69 Å². The Morgan fingerprint density at radius 3 is 2.50 bits per heavy atom. The third-order valence-corrected chi connectivity index (χ3v) is 4.16. The molecular weight excluding hydrogens is 384 g/mol. The van der Waals surface area contributed by atoms with Gasteiger partial charge in [0.25, 0.3) is 10.2 Å². The lowest BCUT2D eigenvalue weighted by Gasteiger charge is -2.13. The van der Waals surface area contributed by atoms with Gasteiger partial charge < -0.3 is 0 Å². The lowest BCUT2D eigenvalue weighted by Crippen LogP contribution is -2.37. The van der Waals surface area contributed by atoms with E-state index in [1.165, 1.54) is 10.8 Å². The van der Waals surface area contributed by atoms with Gasteiger partial charge in [0.15, 0.2) is 0 Å². The van der Waals surface area contributed by atoms with E-state index >= 15 is 0 Å². The zero-order valence-electron chi connectivity index (χ0n) is 9.18. The molecule has 0 radical (unpaired) electrons. The Labute approximate surface area is 116 Å². The first-order chi connectivity index (χ1) is 8.11. The zero-order valence-corrected chi connectivity index (χ0v) is 12.1. The predicted molar refractivity (Wildman–Crippen MR) is 70.5 cm³/mol. The summed E-state index contributed by atoms with van der Waals surface area (Å²) in [6.07, 6.45) is -4.59. The summed E-state index contributed by atoms with van der Waals surface area (Å²) >= 11 is 2.00. The van der Waals surface area contributed by atoms with E-state index in [9.17, 15) is 21.6 Å². The molecule has 2 N–H and O–H groups in total. The number of hydrogen-bond donors (Lipinski definition) is 2. The van der Waals surface area contributed by atoms with Crippen LogP contribution in [-0.2, 0) is 10.2 Å². The van der Waals surface area contributed by atoms with Crippen LogP contribution < -0.4 is 9.44 Å². The van der Waals surface area contributed by atoms with Crippen LogP contribution in [-0.4, -0.2) is 21.1 Å². The second-order valence-electron chi connectivity index (χ2n) is 3.45. The topological polar surface area (TPSA) is 58.2 Å². The number of halogens is 4. The molecule has 1 rings (SSSR count). The van der Waals surface area contributed by atoms with E-state index < -0.39 is 22.9 Å². The molecule has 0 saturated heterocycles. The van der Waals surface area contributed by atoms with Crippen molar-refractivity contribution in [3.05, 3.63) is 27.3 Å². The molecule has 1 aromatic rings. The smallest absolute Gasteiger partial charge is 0.271 e. The van der Waals surface area contributed by atoms with Gasteiger partial charge in [0, 0.05) is 3.57 Å². The molecule has 0 spiro atoms. The molecule has 102 valence electrons. The molecule has 0 aliphatic heterocycles. The van der Waals surface area contributed by atoms with Crippen molar-refractivity contribution in [3.8, 4) is 0 Å². The molecule has 9 heteroatoms. The SMILES string of the molecule is Cc1c(I)cccc1NS(=O)(=O)NCC(F)(F)F. The molecule has 1 aromatic carbocycles. The molecule has 18 heavy (non-hydrogen) atoms. The number of hydrogen-bond acceptors (Lipinski definition) is 2. The highest BCUT2D eigenvalue weighted by Crippen LogP contribution is 2.21. The fraction of sp³-hybridized carbons (Fsp3) is 0.333. The summed E-state index contributed by atoms with van der Waals surface area (Å²) in [6, 6.07) is 4.84. The van der Waals surface area contributed by atoms with Crippen LogP contribution in [0.15, 0.2) is 18.2 Å². The van der Waals surface area contributed by atoms with Crippen LogP contribution in [0.2, 0.25) is 0 Å². The Balaban J connectivity index is 2.80. The van der Waals surface area contributed by atoms with Crippen molar-refractivity contribution < 1.29 is 21.6 Å². The van der Waals surface area contributed by atoms with E-state index in [1.54, 1.807) is 19.1 Å². The maximum atomic E-state index is 11.9. The molecule has 0 saturated carbocycles. The quantitative estimate of drug-likeness (QED) is 0.771. The minimum atomic E-state index is -4.59. The number of benzene rings is 1. The summed E-state index contributed by atoms with van der Waals surface area (Å²) < 4.78 is 62.8. The van der Waals surface area contributed by atoms with Gasteiger partial charge in [0.2, 0.25) is 0 Å². The van der Waals surface area contributed by atoms with Crippen molar-refractivity contribution in [2.24, 2.45) is 0 Å². The molecule has 0 atom stereocenters. The van der Waals surface area contributed by atoms with E-state index in [4.69, 9.17) is 0 Å². The second-order valence-corrected chi connectivity index (χ2v) is 6.12. The van der Waals surface area contributed by atoms with E-state index in [-0.39, 0.29) is 5.69 Å². The summed E-state index contributed by atoms with van der Waals surface area (Å²) in [5.74, 6) is 0. The molecule has 0 aliphatic carbocycles. The third-order valence-electron chi connectivity index (χ3n) is 1.97. The van der Waals surface area contributed by atoms with E-state index in [2.05, 4.69) is 4.72 Å². The van der Waals surface area contributed by atoms with Crippen molar-refractivity contribution in [1.82, 2.24) is 4.72 Å². The molecule has 0 unspecified atom stereocenters. The normalized spacial score (nSPS) is 12.5. The van der Waals surface area contributed by atoms with Crippen molar-refractivity contribution in [1.29, 1.82) is 0 Å². The average Bonchev–Trinajstić information content (AvgIpc) is 2.21. The Morgan fingerprint density at radius 1 is 1.33 bits per heavy atom. The van der Waals surface area contributed by atoms with Crippen LogP contribution in [0.3, 0.4) is 0 Å². The summed E-state index contributed by atoms with van der Waals surface area (Å²) in [5, 5.41) is 0. The summed E-state index contributed by atoms with van der Waals surface area (Å²) in [4.78, 5) is 0. The van der Waals surface area contributed by atoms with Gasteiger partial charge in [-0.2, -0.15) is 26.3 Å². The standard InChI is InChI=1S/C9H10F3IN2O2S/c1-6-7(13)3-2-4-8(6)15-18(16,17)14-5-9(10,11)12/h2-4,14-15H,5H2,1H3. The average molecular weight is 394 g/mol. The minimum absolute atomic E-state index is 0.247. The van der Waals surface area contributed by atoms with Gasteiger partial charge >= 0.3 is 6.18 Å². The summed E-state index contributed by atoms with van der Waals surface area (Å²) in [5.41, 5.74) is 0.895. The Bertz CT molecular complexity index is 531. The maximum absolute atomic E-state index is 11.9. The van der Waals surface area contributed by atoms with Gasteiger partial charge in [-0.15, -0.1) is 0 Å². The van der Waals surface area contributed by atoms with Crippen molar-refractivity contribution in [3.63, 3.8) is 0 Å². The largest absolute Gasteiger partial charge is 0.402 e. The van der Waals surface area contributed by atoms with Gasteiger partial charge in [-0.3, -0.25) is 4.72 Å². The van der Waals surface area contributed by atoms with Crippen LogP contribution >= 0.6 is 22.6 Å². The lowest BCUT2D eigenvalue weighted by molar-refractivity contribution is -0.121. The van der Waals surface area contributed by atoms with Crippen molar-refractivity contribution >= 4 is 38.5 Å². The number of rotatable bonds is 4. The fourth-order valence-corrected chi connectivity index (χ4v) is 2.51. The van der Waals surface area contributed by atoms with Crippen molar-refractivity contribution in [2.45, 2.75) is 13.1 Å². The molecule has 0 heterocycles. The number of anilines is 1. The monoisotopic (exact) mass is 394 g/mol. The Hall–Kier alpha value is -0.550. The second kappa shape index (κ2) is 5.61. The fourth-order valence-electron chi connectivity index (χ4n) is 1.08. The zero-order chi connectivity index (χ0) is 14.0. The Kier molecular flexibility index (Phi) is 4.84. The highest BCUT2D eigenvalue weighted by atomic mass is 127. The lowest BCUT2D eigenvalue weighted by atomic mass is 10.2. The predicted octanol–water partition coefficient (Wildman–Crippen LogP) is 2.41. The summed E-state index contributed by atoms with van der Waals surface area (Å²) in [6.45, 7) is 0.0642. The number of alkyl halides is 3. The van der Waals surface area contributed by atoms with Crippen LogP contribution in [0.1, 0.15) is 5.56 Å². The first-order valence-electron chi connectivity index (χ1n) is 4.70. The molecule has 0 aliphatic rings. The molecule has 0 fully saturated rings. The number of nitrogens with one attached hydrogen (secondary N) is 2. The third kappa shape index (κ3) is 4.98. The highest BCUT2D eigenvalue weighted by molar-refractivity contribution is 14.1. The van der Waals surface area contributed by atoms with Crippen LogP contribution in [0.5, 0.6) is 0 Å². The van der Waals surface area contributed by atoms with Crippen LogP contribution in [0.25, 0.3) is 0 Å². The summed E-state index contributed by atoms with van der Waals surface area (Å²) in [7, 11) is -4.23. The molecular formula is C9H10F3IN2O2S. The van der Waals surface area contributed by atoms with E-state index in [0.717, 1.165) is 3.57 Å². The van der Waals surface area contributed by atoms with Gasteiger partial charge in [-0.25, -0.2) is 0 Å². The minimum Gasteiger partial charge on any atom is -0.271 e. The first kappa shape index (κ1) is 15.5. The van der Waals surface area contributed by atoms with Crippen LogP contribution in [0, 0.1) is 10.5 Å². The van der Waals surface area contributed by atoms with Gasteiger partial charge in [-0.05, 0) is 47.2 Å². The highest BCUT2D eigenvalue weighted by Gasteiger charge is 2.29. The first-order valence-corrected chi connectivity index (χ1v) is 7.26. The molecule has 0 aromatic heterocycles. The molecule has 0 amide bonds. The van der Waals surface area contributed by atoms with E-state index in [0.29, 0.717) is 5.56 Å². The maximum Gasteiger partial charge on any atom is 0.402 e. The molecule has 4 nitrogen and oxygen atoms in total. The van der Waals surface area contributed by atoms with Gasteiger partial charge in [-0.1, -0.05) is 6.07 Å². The van der Waals surface area contributed by atoms with Crippen molar-refractivity contribution in [2.75, 3.05) is 11.3 Å². The van der Waals surface area contributed by atoms with Crippen LogP contribution in [0.4, 0.5) is 18.9 Å².